The summed E-state index contributed by atoms with van der Waals surface area (Å²) in [5, 5.41) is 1.01. The maximum atomic E-state index is 6.09. The van der Waals surface area contributed by atoms with Crippen LogP contribution in [0.1, 0.15) is 25.5 Å². The second-order valence-corrected chi connectivity index (χ2v) is 6.40. The second-order valence-electron chi connectivity index (χ2n) is 3.35. The van der Waals surface area contributed by atoms with Crippen LogP contribution in [0.3, 0.4) is 0 Å². The zero-order valence-corrected chi connectivity index (χ0v) is 12.3. The average molecular weight is 296 g/mol. The number of aromatic nitrogens is 1. The van der Waals surface area contributed by atoms with Crippen molar-refractivity contribution in [3.05, 3.63) is 28.0 Å². The van der Waals surface area contributed by atoms with E-state index in [9.17, 15) is 0 Å². The van der Waals surface area contributed by atoms with Crippen LogP contribution in [-0.4, -0.2) is 23.0 Å². The van der Waals surface area contributed by atoms with Gasteiger partial charge in [-0.15, -0.1) is 0 Å². The molecule has 0 aromatic carbocycles. The Kier molecular flexibility index (Phi) is 6.59. The van der Waals surface area contributed by atoms with Crippen molar-refractivity contribution in [1.82, 2.24) is 4.98 Å². The van der Waals surface area contributed by atoms with Gasteiger partial charge in [-0.3, -0.25) is 4.98 Å². The molecule has 0 aliphatic carbocycles. The number of nitrogens with zero attached hydrogens (tertiary/aromatic N) is 1. The summed E-state index contributed by atoms with van der Waals surface area (Å²) in [5.74, 6) is 1.93. The lowest BCUT2D eigenvalue weighted by Crippen LogP contribution is -2.23. The molecule has 1 atom stereocenters. The Balaban J connectivity index is 2.93. The predicted molar refractivity (Wildman–Crippen MR) is 75.6 cm³/mol. The number of nitrogens with two attached hydrogens (primary N) is 1. The Morgan fingerprint density at radius 1 is 1.29 bits per heavy atom. The maximum absolute atomic E-state index is 6.09. The Bertz CT molecular complexity index is 341. The van der Waals surface area contributed by atoms with Crippen LogP contribution < -0.4 is 5.73 Å². The maximum Gasteiger partial charge on any atom is 0.154 e. The minimum absolute atomic E-state index is 0.103. The fourth-order valence-corrected chi connectivity index (χ4v) is 3.23. The van der Waals surface area contributed by atoms with Gasteiger partial charge in [0, 0.05) is 24.5 Å². The fourth-order valence-electron chi connectivity index (χ4n) is 1.44. The Hall–Kier alpha value is -0.0000000000000000555. The van der Waals surface area contributed by atoms with Gasteiger partial charge >= 0.3 is 0 Å². The highest BCUT2D eigenvalue weighted by molar-refractivity contribution is 7.92. The SMILES string of the molecule is CC[S+](CC)OC(CN)c1c(Cl)cncc1Cl. The molecule has 0 aliphatic heterocycles. The van der Waals surface area contributed by atoms with Crippen molar-refractivity contribution in [3.63, 3.8) is 0 Å². The molecule has 0 saturated carbocycles. The predicted octanol–water partition coefficient (Wildman–Crippen LogP) is 2.98. The summed E-state index contributed by atoms with van der Waals surface area (Å²) in [5.41, 5.74) is 6.48. The largest absolute Gasteiger partial charge is 0.328 e. The lowest BCUT2D eigenvalue weighted by molar-refractivity contribution is 0.248. The summed E-state index contributed by atoms with van der Waals surface area (Å²) < 4.78 is 5.95. The number of hydrogen-bond acceptors (Lipinski definition) is 3. The third-order valence-corrected chi connectivity index (χ3v) is 4.72. The summed E-state index contributed by atoms with van der Waals surface area (Å²) in [7, 11) is 0. The second kappa shape index (κ2) is 7.44. The van der Waals surface area contributed by atoms with Crippen molar-refractivity contribution in [2.24, 2.45) is 5.73 Å². The van der Waals surface area contributed by atoms with Gasteiger partial charge in [0.2, 0.25) is 0 Å². The number of rotatable bonds is 6. The third-order valence-electron chi connectivity index (χ3n) is 2.32. The van der Waals surface area contributed by atoms with E-state index in [-0.39, 0.29) is 17.3 Å². The van der Waals surface area contributed by atoms with Gasteiger partial charge in [0.05, 0.1) is 10.0 Å². The lowest BCUT2D eigenvalue weighted by Gasteiger charge is -2.16. The third kappa shape index (κ3) is 4.00. The first kappa shape index (κ1) is 15.1. The summed E-state index contributed by atoms with van der Waals surface area (Å²) >= 11 is 12.1. The van der Waals surface area contributed by atoms with E-state index in [2.05, 4.69) is 18.8 Å². The molecule has 0 fully saturated rings. The van der Waals surface area contributed by atoms with Gasteiger partial charge in [0.15, 0.2) is 6.10 Å². The van der Waals surface area contributed by atoms with Crippen LogP contribution in [0, 0.1) is 0 Å². The standard InChI is InChI=1S/C11H17Cl2N2OS/c1-3-17(4-2)16-10(5-14)11-8(12)6-15-7-9(11)13/h6-7,10H,3-5,14H2,1-2H3/q+1. The molecular weight excluding hydrogens is 279 g/mol. The molecule has 0 saturated heterocycles. The molecule has 1 aromatic rings. The lowest BCUT2D eigenvalue weighted by atomic mass is 10.1. The molecular formula is C11H17Cl2N2OS+. The van der Waals surface area contributed by atoms with Crippen molar-refractivity contribution in [3.8, 4) is 0 Å². The number of pyridine rings is 1. The van der Waals surface area contributed by atoms with E-state index in [1.165, 1.54) is 0 Å². The van der Waals surface area contributed by atoms with Crippen LogP contribution in [0.4, 0.5) is 0 Å². The van der Waals surface area contributed by atoms with Gasteiger partial charge in [-0.2, -0.15) is 4.18 Å². The first-order valence-electron chi connectivity index (χ1n) is 5.47. The van der Waals surface area contributed by atoms with Crippen molar-refractivity contribution in [2.45, 2.75) is 20.0 Å². The molecule has 2 N–H and O–H groups in total. The fraction of sp³-hybridized carbons (Fsp3) is 0.545. The van der Waals surface area contributed by atoms with E-state index >= 15 is 0 Å². The molecule has 0 amide bonds. The summed E-state index contributed by atoms with van der Waals surface area (Å²) in [4.78, 5) is 3.92. The van der Waals surface area contributed by atoms with Crippen molar-refractivity contribution < 1.29 is 4.18 Å². The van der Waals surface area contributed by atoms with E-state index in [0.29, 0.717) is 16.6 Å². The molecule has 0 bridgehead atoms. The van der Waals surface area contributed by atoms with Gasteiger partial charge in [-0.25, -0.2) is 0 Å². The minimum Gasteiger partial charge on any atom is -0.328 e. The molecule has 1 unspecified atom stereocenters. The Morgan fingerprint density at radius 2 is 1.82 bits per heavy atom. The van der Waals surface area contributed by atoms with E-state index in [0.717, 1.165) is 17.1 Å². The van der Waals surface area contributed by atoms with Crippen LogP contribution in [0.5, 0.6) is 0 Å². The topological polar surface area (TPSA) is 48.1 Å². The highest BCUT2D eigenvalue weighted by Gasteiger charge is 2.26. The summed E-state index contributed by atoms with van der Waals surface area (Å²) in [6, 6.07) is 0. The van der Waals surface area contributed by atoms with Crippen molar-refractivity contribution in [1.29, 1.82) is 0 Å². The summed E-state index contributed by atoms with van der Waals surface area (Å²) in [6.45, 7) is 4.54. The van der Waals surface area contributed by atoms with E-state index in [4.69, 9.17) is 33.1 Å². The van der Waals surface area contributed by atoms with Gasteiger partial charge in [0.1, 0.15) is 22.7 Å². The van der Waals surface area contributed by atoms with Crippen LogP contribution >= 0.6 is 23.2 Å². The van der Waals surface area contributed by atoms with E-state index < -0.39 is 0 Å². The smallest absolute Gasteiger partial charge is 0.154 e. The molecule has 0 spiro atoms. The molecule has 0 aliphatic rings. The van der Waals surface area contributed by atoms with Crippen LogP contribution in [0.25, 0.3) is 0 Å². The summed E-state index contributed by atoms with van der Waals surface area (Å²) in [6.07, 6.45) is 2.86. The average Bonchev–Trinajstić information content (AvgIpc) is 2.33. The zero-order chi connectivity index (χ0) is 12.8. The van der Waals surface area contributed by atoms with Gasteiger partial charge in [-0.1, -0.05) is 23.2 Å². The number of halogens is 2. The van der Waals surface area contributed by atoms with Gasteiger partial charge in [-0.05, 0) is 13.8 Å². The highest BCUT2D eigenvalue weighted by Crippen LogP contribution is 2.32. The molecule has 1 heterocycles. The highest BCUT2D eigenvalue weighted by atomic mass is 35.5. The number of hydrogen-bond donors (Lipinski definition) is 1. The first-order valence-corrected chi connectivity index (χ1v) is 7.71. The molecule has 17 heavy (non-hydrogen) atoms. The normalized spacial score (nSPS) is 13.1. The van der Waals surface area contributed by atoms with E-state index in [1.807, 2.05) is 0 Å². The van der Waals surface area contributed by atoms with Crippen LogP contribution in [0.15, 0.2) is 12.4 Å². The van der Waals surface area contributed by atoms with Crippen LogP contribution in [0.2, 0.25) is 10.0 Å². The molecule has 1 rings (SSSR count). The van der Waals surface area contributed by atoms with Crippen LogP contribution in [-0.2, 0) is 15.4 Å². The van der Waals surface area contributed by atoms with Crippen molar-refractivity contribution in [2.75, 3.05) is 18.1 Å². The molecule has 1 aromatic heterocycles. The van der Waals surface area contributed by atoms with Gasteiger partial charge in [0.25, 0.3) is 0 Å². The molecule has 3 nitrogen and oxygen atoms in total. The monoisotopic (exact) mass is 295 g/mol. The molecule has 0 radical (unpaired) electrons. The molecule has 96 valence electrons. The Labute approximate surface area is 115 Å². The Morgan fingerprint density at radius 3 is 2.24 bits per heavy atom. The minimum atomic E-state index is -0.263. The molecule has 6 heteroatoms. The van der Waals surface area contributed by atoms with Gasteiger partial charge < -0.3 is 5.73 Å². The van der Waals surface area contributed by atoms with Crippen molar-refractivity contribution >= 4 is 34.4 Å². The quantitative estimate of drug-likeness (QED) is 0.821. The first-order chi connectivity index (χ1) is 8.13. The van der Waals surface area contributed by atoms with E-state index in [1.54, 1.807) is 12.4 Å². The zero-order valence-electron chi connectivity index (χ0n) is 9.95.